The number of hydrogen-bond donors (Lipinski definition) is 5. The van der Waals surface area contributed by atoms with Crippen LogP contribution in [-0.4, -0.2) is 65.7 Å². The Kier molecular flexibility index (Phi) is 12.3. The number of carboxylic acids is 1. The van der Waals surface area contributed by atoms with E-state index in [1.807, 2.05) is 27.7 Å². The van der Waals surface area contributed by atoms with Crippen LogP contribution in [0.5, 0.6) is 0 Å². The average molecular weight is 459 g/mol. The summed E-state index contributed by atoms with van der Waals surface area (Å²) in [5.74, 6) is -2.86. The Labute approximate surface area is 189 Å². The molecule has 0 heterocycles. The number of amides is 4. The third-order valence-electron chi connectivity index (χ3n) is 3.91. The van der Waals surface area contributed by atoms with Gasteiger partial charge in [-0.3, -0.25) is 19.2 Å². The van der Waals surface area contributed by atoms with E-state index in [-0.39, 0.29) is 11.8 Å². The summed E-state index contributed by atoms with van der Waals surface area (Å²) in [6.45, 7) is 11.6. The van der Waals surface area contributed by atoms with Crippen LogP contribution < -0.4 is 21.3 Å². The summed E-state index contributed by atoms with van der Waals surface area (Å²) in [5, 5.41) is 18.4. The van der Waals surface area contributed by atoms with E-state index in [1.54, 1.807) is 20.8 Å². The van der Waals surface area contributed by atoms with Crippen LogP contribution in [0.1, 0.15) is 61.3 Å². The maximum absolute atomic E-state index is 12.6. The van der Waals surface area contributed by atoms with Gasteiger partial charge in [0.1, 0.15) is 24.2 Å². The standard InChI is InChI=1S/C21H38N4O7/c1-12(2)8-14(18(29)23-11-17(27)28)24-16(26)10-22-19(30)15(9-13(3)4)25-20(31)32-21(5,6)7/h12-15H,8-11H2,1-7H3,(H,22,30)(H,23,29)(H,24,26)(H,25,31)(H,27,28)/t14-,15-/m0/s1. The van der Waals surface area contributed by atoms with Gasteiger partial charge in [-0.2, -0.15) is 0 Å². The quantitative estimate of drug-likeness (QED) is 0.288. The van der Waals surface area contributed by atoms with Crippen molar-refractivity contribution in [3.8, 4) is 0 Å². The van der Waals surface area contributed by atoms with E-state index in [0.29, 0.717) is 12.8 Å². The minimum Gasteiger partial charge on any atom is -0.480 e. The molecule has 0 aliphatic carbocycles. The first-order chi connectivity index (χ1) is 14.6. The molecule has 0 aliphatic heterocycles. The number of hydrogen-bond acceptors (Lipinski definition) is 6. The summed E-state index contributed by atoms with van der Waals surface area (Å²) < 4.78 is 5.19. The lowest BCUT2D eigenvalue weighted by Gasteiger charge is -2.24. The number of alkyl carbamates (subject to hydrolysis) is 1. The molecule has 0 rings (SSSR count). The number of rotatable bonds is 12. The zero-order valence-electron chi connectivity index (χ0n) is 20.0. The van der Waals surface area contributed by atoms with Crippen LogP contribution >= 0.6 is 0 Å². The molecule has 11 nitrogen and oxygen atoms in total. The van der Waals surface area contributed by atoms with Crippen LogP contribution in [0.15, 0.2) is 0 Å². The largest absolute Gasteiger partial charge is 0.480 e. The molecule has 0 aromatic heterocycles. The molecule has 4 amide bonds. The zero-order chi connectivity index (χ0) is 25.1. The van der Waals surface area contributed by atoms with Crippen molar-refractivity contribution < 1.29 is 33.8 Å². The molecular formula is C21H38N4O7. The number of aliphatic carboxylic acids is 1. The highest BCUT2D eigenvalue weighted by atomic mass is 16.6. The average Bonchev–Trinajstić information content (AvgIpc) is 2.60. The molecule has 0 aromatic rings. The minimum atomic E-state index is -1.20. The van der Waals surface area contributed by atoms with Crippen molar-refractivity contribution in [3.63, 3.8) is 0 Å². The Morgan fingerprint density at radius 1 is 0.781 bits per heavy atom. The summed E-state index contributed by atoms with van der Waals surface area (Å²) in [4.78, 5) is 59.7. The molecule has 2 atom stereocenters. The van der Waals surface area contributed by atoms with E-state index in [4.69, 9.17) is 9.84 Å². The van der Waals surface area contributed by atoms with Gasteiger partial charge in [-0.25, -0.2) is 4.79 Å². The van der Waals surface area contributed by atoms with Crippen molar-refractivity contribution in [1.82, 2.24) is 21.3 Å². The van der Waals surface area contributed by atoms with Gasteiger partial charge in [-0.05, 0) is 45.4 Å². The van der Waals surface area contributed by atoms with E-state index in [0.717, 1.165) is 0 Å². The summed E-state index contributed by atoms with van der Waals surface area (Å²) in [7, 11) is 0. The highest BCUT2D eigenvalue weighted by molar-refractivity contribution is 5.92. The van der Waals surface area contributed by atoms with Crippen LogP contribution in [0.4, 0.5) is 4.79 Å². The Morgan fingerprint density at radius 2 is 1.22 bits per heavy atom. The highest BCUT2D eigenvalue weighted by Crippen LogP contribution is 2.10. The molecule has 0 saturated heterocycles. The molecule has 0 saturated carbocycles. The van der Waals surface area contributed by atoms with Crippen molar-refractivity contribution in [2.75, 3.05) is 13.1 Å². The molecule has 0 radical (unpaired) electrons. The normalized spacial score (nSPS) is 13.2. The van der Waals surface area contributed by atoms with E-state index in [9.17, 15) is 24.0 Å². The Balaban J connectivity index is 4.95. The maximum Gasteiger partial charge on any atom is 0.408 e. The molecule has 0 unspecified atom stereocenters. The van der Waals surface area contributed by atoms with Crippen molar-refractivity contribution in [2.45, 2.75) is 79.0 Å². The third-order valence-corrected chi connectivity index (χ3v) is 3.91. The predicted octanol–water partition coefficient (Wildman–Crippen LogP) is 0.774. The van der Waals surface area contributed by atoms with Crippen LogP contribution in [0, 0.1) is 11.8 Å². The SMILES string of the molecule is CC(C)C[C@H](NC(=O)CNC(=O)[C@H](CC(C)C)NC(=O)OC(C)(C)C)C(=O)NCC(=O)O. The molecule has 0 fully saturated rings. The smallest absolute Gasteiger partial charge is 0.408 e. The summed E-state index contributed by atoms with van der Waals surface area (Å²) in [6.07, 6.45) is -0.114. The summed E-state index contributed by atoms with van der Waals surface area (Å²) in [6, 6.07) is -1.84. The van der Waals surface area contributed by atoms with E-state index >= 15 is 0 Å². The predicted molar refractivity (Wildman–Crippen MR) is 118 cm³/mol. The first kappa shape index (κ1) is 29.1. The lowest BCUT2D eigenvalue weighted by atomic mass is 10.0. The van der Waals surface area contributed by atoms with Gasteiger partial charge in [0.05, 0.1) is 6.54 Å². The minimum absolute atomic E-state index is 0.0546. The number of ether oxygens (including phenoxy) is 1. The number of nitrogens with one attached hydrogen (secondary N) is 4. The second-order valence-corrected chi connectivity index (χ2v) is 9.41. The molecule has 0 aromatic carbocycles. The summed E-state index contributed by atoms with van der Waals surface area (Å²) >= 11 is 0. The van der Waals surface area contributed by atoms with Crippen LogP contribution in [0.2, 0.25) is 0 Å². The van der Waals surface area contributed by atoms with Crippen molar-refractivity contribution in [2.24, 2.45) is 11.8 Å². The molecule has 5 N–H and O–H groups in total. The fourth-order valence-electron chi connectivity index (χ4n) is 2.68. The molecule has 32 heavy (non-hydrogen) atoms. The van der Waals surface area contributed by atoms with Gasteiger partial charge in [-0.1, -0.05) is 27.7 Å². The van der Waals surface area contributed by atoms with Gasteiger partial charge in [0, 0.05) is 0 Å². The molecule has 0 aliphatic rings. The summed E-state index contributed by atoms with van der Waals surface area (Å²) in [5.41, 5.74) is -0.727. The molecule has 11 heteroatoms. The first-order valence-electron chi connectivity index (χ1n) is 10.7. The van der Waals surface area contributed by atoms with Gasteiger partial charge in [0.2, 0.25) is 17.7 Å². The Morgan fingerprint density at radius 3 is 1.62 bits per heavy atom. The van der Waals surface area contributed by atoms with E-state index in [2.05, 4.69) is 21.3 Å². The van der Waals surface area contributed by atoms with Gasteiger partial charge >= 0.3 is 12.1 Å². The van der Waals surface area contributed by atoms with Gasteiger partial charge in [-0.15, -0.1) is 0 Å². The van der Waals surface area contributed by atoms with E-state index in [1.165, 1.54) is 0 Å². The van der Waals surface area contributed by atoms with E-state index < -0.39 is 60.6 Å². The van der Waals surface area contributed by atoms with Gasteiger partial charge in [0.15, 0.2) is 0 Å². The van der Waals surface area contributed by atoms with Crippen molar-refractivity contribution >= 4 is 29.8 Å². The molecule has 0 spiro atoms. The topological polar surface area (TPSA) is 163 Å². The first-order valence-corrected chi connectivity index (χ1v) is 10.7. The Hall–Kier alpha value is -2.85. The lowest BCUT2D eigenvalue weighted by molar-refractivity contribution is -0.138. The van der Waals surface area contributed by atoms with Gasteiger partial charge < -0.3 is 31.1 Å². The fraction of sp³-hybridized carbons (Fsp3) is 0.762. The Bertz CT molecular complexity index is 672. The maximum atomic E-state index is 12.6. The van der Waals surface area contributed by atoms with Gasteiger partial charge in [0.25, 0.3) is 0 Å². The second kappa shape index (κ2) is 13.5. The second-order valence-electron chi connectivity index (χ2n) is 9.41. The number of carbonyl (C=O) groups is 5. The van der Waals surface area contributed by atoms with Crippen molar-refractivity contribution in [1.29, 1.82) is 0 Å². The van der Waals surface area contributed by atoms with Crippen molar-refractivity contribution in [3.05, 3.63) is 0 Å². The third kappa shape index (κ3) is 14.2. The van der Waals surface area contributed by atoms with Crippen LogP contribution in [0.3, 0.4) is 0 Å². The molecule has 184 valence electrons. The fourth-order valence-corrected chi connectivity index (χ4v) is 2.68. The number of carbonyl (C=O) groups excluding carboxylic acids is 4. The monoisotopic (exact) mass is 458 g/mol. The zero-order valence-corrected chi connectivity index (χ0v) is 20.0. The van der Waals surface area contributed by atoms with Crippen LogP contribution in [0.25, 0.3) is 0 Å². The molecule has 0 bridgehead atoms. The number of carboxylic acid groups (broad SMARTS) is 1. The highest BCUT2D eigenvalue weighted by Gasteiger charge is 2.26. The molecular weight excluding hydrogens is 420 g/mol. The lowest BCUT2D eigenvalue weighted by Crippen LogP contribution is -2.53. The van der Waals surface area contributed by atoms with Crippen LogP contribution in [-0.2, 0) is 23.9 Å².